The second-order valence-corrected chi connectivity index (χ2v) is 5.43. The molecule has 0 aliphatic carbocycles. The minimum Gasteiger partial charge on any atom is -0.485 e. The third-order valence-corrected chi connectivity index (χ3v) is 3.23. The fraction of sp³-hybridized carbons (Fsp3) is 0.222. The van der Waals surface area contributed by atoms with Crippen molar-refractivity contribution < 1.29 is 14.3 Å². The van der Waals surface area contributed by atoms with Gasteiger partial charge in [0.2, 0.25) is 0 Å². The average molecular weight is 312 g/mol. The summed E-state index contributed by atoms with van der Waals surface area (Å²) in [6.45, 7) is 1.92. The maximum Gasteiger partial charge on any atom is 0.321 e. The van der Waals surface area contributed by atoms with Gasteiger partial charge in [-0.1, -0.05) is 35.9 Å². The van der Waals surface area contributed by atoms with Crippen molar-refractivity contribution >= 4 is 17.5 Å². The van der Waals surface area contributed by atoms with Crippen molar-refractivity contribution in [1.29, 1.82) is 0 Å². The Morgan fingerprint density at radius 3 is 2.43 bits per heavy atom. The van der Waals surface area contributed by atoms with Gasteiger partial charge in [-0.05, 0) is 19.1 Å². The Morgan fingerprint density at radius 1 is 1.09 bits per heavy atom. The van der Waals surface area contributed by atoms with E-state index in [2.05, 4.69) is 5.32 Å². The van der Waals surface area contributed by atoms with Crippen molar-refractivity contribution in [3.8, 4) is 5.75 Å². The van der Waals surface area contributed by atoms with E-state index in [1.165, 1.54) is 4.90 Å². The number of nitrogens with zero attached hydrogens (tertiary/aromatic N) is 1. The number of nitrogens with one attached hydrogen (secondary N) is 1. The highest BCUT2D eigenvalue weighted by atomic mass is 16.5. The molecule has 0 radical (unpaired) electrons. The zero-order chi connectivity index (χ0) is 16.8. The number of carbonyl (C=O) groups excluding carboxylic acids is 2. The molecule has 1 N–H and O–H groups in total. The highest BCUT2D eigenvalue weighted by Gasteiger charge is 2.08. The number of anilines is 1. The third kappa shape index (κ3) is 4.85. The molecule has 5 nitrogen and oxygen atoms in total. The number of Topliss-reactive ketones (excluding diaryl/α,β-unsaturated/α-hetero) is 1. The minimum absolute atomic E-state index is 0.0475. The molecule has 0 heterocycles. The number of benzene rings is 2. The summed E-state index contributed by atoms with van der Waals surface area (Å²) in [6.07, 6.45) is 0. The monoisotopic (exact) mass is 312 g/mol. The van der Waals surface area contributed by atoms with E-state index in [4.69, 9.17) is 4.74 Å². The molecule has 5 heteroatoms. The quantitative estimate of drug-likeness (QED) is 0.861. The van der Waals surface area contributed by atoms with E-state index >= 15 is 0 Å². The van der Waals surface area contributed by atoms with Gasteiger partial charge < -0.3 is 15.0 Å². The average Bonchev–Trinajstić information content (AvgIpc) is 2.53. The highest BCUT2D eigenvalue weighted by Crippen LogP contribution is 2.18. The largest absolute Gasteiger partial charge is 0.485 e. The molecule has 2 rings (SSSR count). The zero-order valence-electron chi connectivity index (χ0n) is 13.5. The van der Waals surface area contributed by atoms with Gasteiger partial charge in [0, 0.05) is 31.4 Å². The summed E-state index contributed by atoms with van der Waals surface area (Å²) in [5.74, 6) is 0.440. The van der Waals surface area contributed by atoms with Crippen molar-refractivity contribution in [2.75, 3.05) is 26.0 Å². The van der Waals surface area contributed by atoms with Gasteiger partial charge in [-0.3, -0.25) is 4.79 Å². The molecule has 0 fully saturated rings. The number of carbonyl (C=O) groups is 2. The Morgan fingerprint density at radius 2 is 1.78 bits per heavy atom. The third-order valence-electron chi connectivity index (χ3n) is 3.23. The lowest BCUT2D eigenvalue weighted by Gasteiger charge is -2.13. The first kappa shape index (κ1) is 16.5. The minimum atomic E-state index is -0.224. The summed E-state index contributed by atoms with van der Waals surface area (Å²) in [6, 6.07) is 14.1. The lowest BCUT2D eigenvalue weighted by Crippen LogP contribution is -2.27. The number of hydrogen-bond donors (Lipinski definition) is 1. The molecule has 0 aliphatic heterocycles. The fourth-order valence-corrected chi connectivity index (χ4v) is 1.87. The molecule has 0 unspecified atom stereocenters. The van der Waals surface area contributed by atoms with E-state index in [0.29, 0.717) is 17.0 Å². The first-order chi connectivity index (χ1) is 11.0. The number of rotatable bonds is 5. The van der Waals surface area contributed by atoms with Crippen molar-refractivity contribution in [2.45, 2.75) is 6.92 Å². The van der Waals surface area contributed by atoms with Crippen LogP contribution in [0.2, 0.25) is 0 Å². The van der Waals surface area contributed by atoms with E-state index in [1.54, 1.807) is 50.5 Å². The van der Waals surface area contributed by atoms with Crippen molar-refractivity contribution in [2.24, 2.45) is 0 Å². The molecule has 0 bridgehead atoms. The van der Waals surface area contributed by atoms with Crippen LogP contribution in [0.3, 0.4) is 0 Å². The first-order valence-electron chi connectivity index (χ1n) is 7.27. The van der Waals surface area contributed by atoms with Gasteiger partial charge in [0.05, 0.1) is 0 Å². The van der Waals surface area contributed by atoms with Crippen LogP contribution in [0.5, 0.6) is 5.75 Å². The summed E-state index contributed by atoms with van der Waals surface area (Å²) in [4.78, 5) is 25.1. The van der Waals surface area contributed by atoms with Crippen LogP contribution in [-0.4, -0.2) is 37.4 Å². The number of aryl methyl sites for hydroxylation is 1. The lowest BCUT2D eigenvalue weighted by atomic mass is 10.1. The standard InChI is InChI=1S/C18H20N2O3/c1-13-7-9-14(10-8-13)17(21)12-23-16-6-4-5-15(11-16)19-18(22)20(2)3/h4-11H,12H2,1-3H3,(H,19,22). The SMILES string of the molecule is Cc1ccc(C(=O)COc2cccc(NC(=O)N(C)C)c2)cc1. The molecule has 23 heavy (non-hydrogen) atoms. The Balaban J connectivity index is 1.96. The molecule has 0 aromatic heterocycles. The Hall–Kier alpha value is -2.82. The molecular formula is C18H20N2O3. The van der Waals surface area contributed by atoms with Crippen LogP contribution in [-0.2, 0) is 0 Å². The summed E-state index contributed by atoms with van der Waals surface area (Å²) >= 11 is 0. The van der Waals surface area contributed by atoms with Crippen LogP contribution in [0.1, 0.15) is 15.9 Å². The Kier molecular flexibility index (Phi) is 5.36. The van der Waals surface area contributed by atoms with Crippen LogP contribution < -0.4 is 10.1 Å². The lowest BCUT2D eigenvalue weighted by molar-refractivity contribution is 0.0921. The number of ether oxygens (including phenoxy) is 1. The Labute approximate surface area is 135 Å². The topological polar surface area (TPSA) is 58.6 Å². The zero-order valence-corrected chi connectivity index (χ0v) is 13.5. The molecule has 0 aliphatic rings. The fourth-order valence-electron chi connectivity index (χ4n) is 1.87. The Bertz CT molecular complexity index is 694. The van der Waals surface area contributed by atoms with Crippen molar-refractivity contribution in [3.05, 3.63) is 59.7 Å². The molecule has 2 aromatic carbocycles. The predicted molar refractivity (Wildman–Crippen MR) is 90.2 cm³/mol. The van der Waals surface area contributed by atoms with Crippen LogP contribution >= 0.6 is 0 Å². The number of ketones is 1. The first-order valence-corrected chi connectivity index (χ1v) is 7.27. The summed E-state index contributed by atoms with van der Waals surface area (Å²) in [7, 11) is 3.33. The molecule has 2 amide bonds. The summed E-state index contributed by atoms with van der Waals surface area (Å²) in [5, 5.41) is 2.73. The summed E-state index contributed by atoms with van der Waals surface area (Å²) in [5.41, 5.74) is 2.34. The second kappa shape index (κ2) is 7.45. The van der Waals surface area contributed by atoms with Gasteiger partial charge >= 0.3 is 6.03 Å². The van der Waals surface area contributed by atoms with Crippen LogP contribution in [0.25, 0.3) is 0 Å². The predicted octanol–water partition coefficient (Wildman–Crippen LogP) is 3.35. The van der Waals surface area contributed by atoms with Crippen LogP contribution in [0, 0.1) is 6.92 Å². The molecule has 0 saturated carbocycles. The van der Waals surface area contributed by atoms with Crippen molar-refractivity contribution in [3.63, 3.8) is 0 Å². The van der Waals surface area contributed by atoms with Gasteiger partial charge in [0.15, 0.2) is 12.4 Å². The molecule has 0 saturated heterocycles. The van der Waals surface area contributed by atoms with Gasteiger partial charge in [0.1, 0.15) is 5.75 Å². The number of urea groups is 1. The van der Waals surface area contributed by atoms with Gasteiger partial charge in [-0.2, -0.15) is 0 Å². The molecular weight excluding hydrogens is 292 g/mol. The van der Waals surface area contributed by atoms with Gasteiger partial charge in [-0.15, -0.1) is 0 Å². The number of amides is 2. The maximum absolute atomic E-state index is 12.1. The van der Waals surface area contributed by atoms with Gasteiger partial charge in [-0.25, -0.2) is 4.79 Å². The highest BCUT2D eigenvalue weighted by molar-refractivity contribution is 5.97. The van der Waals surface area contributed by atoms with E-state index in [-0.39, 0.29) is 18.4 Å². The van der Waals surface area contributed by atoms with E-state index < -0.39 is 0 Å². The van der Waals surface area contributed by atoms with Crippen LogP contribution in [0.15, 0.2) is 48.5 Å². The number of hydrogen-bond acceptors (Lipinski definition) is 3. The summed E-state index contributed by atoms with van der Waals surface area (Å²) < 4.78 is 5.52. The van der Waals surface area contributed by atoms with Crippen molar-refractivity contribution in [1.82, 2.24) is 4.90 Å². The molecule has 2 aromatic rings. The maximum atomic E-state index is 12.1. The van der Waals surface area contributed by atoms with E-state index in [1.807, 2.05) is 19.1 Å². The smallest absolute Gasteiger partial charge is 0.321 e. The van der Waals surface area contributed by atoms with Gasteiger partial charge in [0.25, 0.3) is 0 Å². The van der Waals surface area contributed by atoms with Crippen LogP contribution in [0.4, 0.5) is 10.5 Å². The van der Waals surface area contributed by atoms with E-state index in [9.17, 15) is 9.59 Å². The molecule has 120 valence electrons. The van der Waals surface area contributed by atoms with E-state index in [0.717, 1.165) is 5.56 Å². The second-order valence-electron chi connectivity index (χ2n) is 5.43. The molecule has 0 spiro atoms. The molecule has 0 atom stereocenters. The normalized spacial score (nSPS) is 10.0.